The monoisotopic (exact) mass is 419 g/mol. The number of hydrogen-bond donors (Lipinski definition) is 0. The van der Waals surface area contributed by atoms with Crippen LogP contribution in [0.1, 0.15) is 0 Å². The molecule has 0 aliphatic carbocycles. The van der Waals surface area contributed by atoms with Crippen LogP contribution in [0.3, 0.4) is 0 Å². The van der Waals surface area contributed by atoms with Crippen molar-refractivity contribution < 1.29 is 49.9 Å². The van der Waals surface area contributed by atoms with E-state index < -0.39 is 0 Å². The second kappa shape index (κ2) is 8.87. The molecular formula is C11H10Cl2IrN. The summed E-state index contributed by atoms with van der Waals surface area (Å²) in [5.41, 5.74) is 2.37. The molecule has 0 unspecified atom stereocenters. The van der Waals surface area contributed by atoms with E-state index in [4.69, 9.17) is 0 Å². The summed E-state index contributed by atoms with van der Waals surface area (Å²) in [6, 6.07) is 16.3. The molecule has 4 heteroatoms. The first-order valence-corrected chi connectivity index (χ1v) is 3.99. The van der Waals surface area contributed by atoms with Gasteiger partial charge in [-0.25, -0.2) is 4.98 Å². The molecule has 1 N–H and O–H groups in total. The minimum atomic E-state index is 0. The molecule has 2 aromatic rings. The van der Waals surface area contributed by atoms with Crippen LogP contribution in [0.5, 0.6) is 0 Å². The molecule has 0 atom stereocenters. The van der Waals surface area contributed by atoms with Crippen LogP contribution in [0.15, 0.2) is 54.7 Å². The standard InChI is InChI=1S/C11H9N.2ClH.Ir/c1-2-6-10(7-3-1)11-8-4-5-9-12-11;;;/h1-9H;2*1H;/q;;;+1/p-1. The Morgan fingerprint density at radius 1 is 0.733 bits per heavy atom. The van der Waals surface area contributed by atoms with Crippen LogP contribution < -0.4 is 29.8 Å². The van der Waals surface area contributed by atoms with Gasteiger partial charge in [-0.1, -0.05) is 18.2 Å². The van der Waals surface area contributed by atoms with Gasteiger partial charge in [-0.15, -0.1) is 0 Å². The molecule has 1 nitrogen and oxygen atoms in total. The molecule has 1 aromatic heterocycles. The van der Waals surface area contributed by atoms with Gasteiger partial charge < -0.3 is 24.8 Å². The second-order valence-corrected chi connectivity index (χ2v) is 2.64. The van der Waals surface area contributed by atoms with Crippen molar-refractivity contribution in [3.05, 3.63) is 54.7 Å². The summed E-state index contributed by atoms with van der Waals surface area (Å²) in [6.45, 7) is 0. The number of pyridine rings is 1. The summed E-state index contributed by atoms with van der Waals surface area (Å²) in [4.78, 5) is 3.18. The first-order valence-electron chi connectivity index (χ1n) is 3.99. The van der Waals surface area contributed by atoms with Gasteiger partial charge in [-0.05, 0) is 18.2 Å². The predicted octanol–water partition coefficient (Wildman–Crippen LogP) is -3.83. The topological polar surface area (TPSA) is 14.1 Å². The molecule has 0 spiro atoms. The molecule has 0 amide bonds. The Balaban J connectivity index is 0. The maximum atomic E-state index is 3.18. The van der Waals surface area contributed by atoms with E-state index in [2.05, 4.69) is 23.2 Å². The number of benzene rings is 1. The molecule has 0 aliphatic heterocycles. The number of rotatable bonds is 1. The zero-order valence-corrected chi connectivity index (χ0v) is 11.7. The van der Waals surface area contributed by atoms with Crippen molar-refractivity contribution in [1.29, 1.82) is 0 Å². The molecule has 0 aliphatic rings. The molecule has 82 valence electrons. The normalized spacial score (nSPS) is 7.73. The van der Waals surface area contributed by atoms with Crippen LogP contribution in [0.25, 0.3) is 11.3 Å². The predicted molar refractivity (Wildman–Crippen MR) is 48.4 cm³/mol. The van der Waals surface area contributed by atoms with E-state index in [0.717, 1.165) is 5.69 Å². The molecule has 15 heavy (non-hydrogen) atoms. The van der Waals surface area contributed by atoms with Gasteiger partial charge in [0.2, 0.25) is 5.69 Å². The van der Waals surface area contributed by atoms with E-state index >= 15 is 0 Å². The fraction of sp³-hybridized carbons (Fsp3) is 0. The average Bonchev–Trinajstić information content (AvgIpc) is 2.21. The Hall–Kier alpha value is -0.401. The minimum absolute atomic E-state index is 0. The van der Waals surface area contributed by atoms with Crippen LogP contribution in [-0.2, 0) is 20.1 Å². The largest absolute Gasteiger partial charge is 1.00 e. The number of nitrogens with one attached hydrogen (secondary N) is 1. The summed E-state index contributed by atoms with van der Waals surface area (Å²) in [6.07, 6.45) is 1.93. The maximum Gasteiger partial charge on any atom is 1.00 e. The van der Waals surface area contributed by atoms with Crippen molar-refractivity contribution >= 4 is 0 Å². The Morgan fingerprint density at radius 2 is 1.33 bits per heavy atom. The molecule has 2 rings (SSSR count). The Labute approximate surface area is 115 Å². The fourth-order valence-electron chi connectivity index (χ4n) is 1.19. The van der Waals surface area contributed by atoms with E-state index in [1.807, 2.05) is 36.5 Å². The quantitative estimate of drug-likeness (QED) is 0.450. The Morgan fingerprint density at radius 3 is 1.87 bits per heavy atom. The van der Waals surface area contributed by atoms with Crippen molar-refractivity contribution in [1.82, 2.24) is 0 Å². The summed E-state index contributed by atoms with van der Waals surface area (Å²) in [7, 11) is 0. The molecule has 0 radical (unpaired) electrons. The number of hydrogen-bond acceptors (Lipinski definition) is 0. The number of aromatic amines is 1. The second-order valence-electron chi connectivity index (χ2n) is 2.64. The van der Waals surface area contributed by atoms with Gasteiger partial charge >= 0.3 is 20.1 Å². The molecule has 0 saturated heterocycles. The molecular weight excluding hydrogens is 409 g/mol. The minimum Gasteiger partial charge on any atom is -1.00 e. The Kier molecular flexibility index (Phi) is 10.1. The smallest absolute Gasteiger partial charge is 1.00 e. The summed E-state index contributed by atoms with van der Waals surface area (Å²) in [5.74, 6) is 0. The van der Waals surface area contributed by atoms with Crippen molar-refractivity contribution in [2.24, 2.45) is 0 Å². The van der Waals surface area contributed by atoms with E-state index in [9.17, 15) is 0 Å². The molecule has 0 bridgehead atoms. The van der Waals surface area contributed by atoms with Crippen LogP contribution in [-0.4, -0.2) is 0 Å². The van der Waals surface area contributed by atoms with E-state index in [0.29, 0.717) is 0 Å². The maximum absolute atomic E-state index is 3.18. The van der Waals surface area contributed by atoms with Gasteiger partial charge in [-0.3, -0.25) is 0 Å². The van der Waals surface area contributed by atoms with Crippen molar-refractivity contribution in [3.63, 3.8) is 0 Å². The first-order chi connectivity index (χ1) is 5.97. The third-order valence-electron chi connectivity index (χ3n) is 1.79. The van der Waals surface area contributed by atoms with Crippen LogP contribution in [0.2, 0.25) is 0 Å². The zero-order valence-electron chi connectivity index (χ0n) is 7.79. The van der Waals surface area contributed by atoms with Gasteiger partial charge in [0.25, 0.3) is 0 Å². The third kappa shape index (κ3) is 4.76. The Bertz CT molecular complexity index is 316. The number of H-pyrrole nitrogens is 1. The van der Waals surface area contributed by atoms with Gasteiger partial charge in [0.15, 0.2) is 6.20 Å². The summed E-state index contributed by atoms with van der Waals surface area (Å²) < 4.78 is 0. The van der Waals surface area contributed by atoms with Crippen LogP contribution in [0, 0.1) is 0 Å². The summed E-state index contributed by atoms with van der Waals surface area (Å²) in [5, 5.41) is 0. The first kappa shape index (κ1) is 17.0. The molecule has 1 heterocycles. The van der Waals surface area contributed by atoms with Crippen molar-refractivity contribution in [2.75, 3.05) is 0 Å². The van der Waals surface area contributed by atoms with Crippen LogP contribution >= 0.6 is 0 Å². The van der Waals surface area contributed by atoms with Gasteiger partial charge in [-0.2, -0.15) is 0 Å². The summed E-state index contributed by atoms with van der Waals surface area (Å²) >= 11 is 0. The van der Waals surface area contributed by atoms with E-state index in [1.54, 1.807) is 0 Å². The van der Waals surface area contributed by atoms with Crippen LogP contribution in [0.4, 0.5) is 0 Å². The van der Waals surface area contributed by atoms with E-state index in [1.165, 1.54) is 5.56 Å². The average molecular weight is 419 g/mol. The van der Waals surface area contributed by atoms with Gasteiger partial charge in [0, 0.05) is 17.7 Å². The van der Waals surface area contributed by atoms with Gasteiger partial charge in [0.05, 0.1) is 0 Å². The van der Waals surface area contributed by atoms with Gasteiger partial charge in [0.1, 0.15) is 0 Å². The van der Waals surface area contributed by atoms with Crippen molar-refractivity contribution in [2.45, 2.75) is 0 Å². The third-order valence-corrected chi connectivity index (χ3v) is 1.79. The fourth-order valence-corrected chi connectivity index (χ4v) is 1.19. The molecule has 0 fully saturated rings. The SMILES string of the molecule is [Cl-].[Cl-].[Ir+].c1ccc(-c2cccc[nH+]2)cc1. The van der Waals surface area contributed by atoms with Crippen molar-refractivity contribution in [3.8, 4) is 11.3 Å². The number of halogens is 2. The number of aromatic nitrogens is 1. The molecule has 1 aromatic carbocycles. The van der Waals surface area contributed by atoms with E-state index in [-0.39, 0.29) is 44.9 Å². The zero-order chi connectivity index (χ0) is 8.23. The molecule has 0 saturated carbocycles.